The molecular weight excluding hydrogens is 374 g/mol. The highest BCUT2D eigenvalue weighted by atomic mass is 32.2. The molecule has 1 heterocycles. The van der Waals surface area contributed by atoms with Crippen molar-refractivity contribution in [1.82, 2.24) is 9.62 Å². The molecule has 0 saturated heterocycles. The summed E-state index contributed by atoms with van der Waals surface area (Å²) >= 11 is 0. The zero-order valence-corrected chi connectivity index (χ0v) is 17.6. The minimum atomic E-state index is -3.62. The quantitative estimate of drug-likeness (QED) is 0.859. The first kappa shape index (κ1) is 20.4. The largest absolute Gasteiger partial charge is 0.373 e. The first-order valence-corrected chi connectivity index (χ1v) is 10.8. The molecule has 0 spiro atoms. The lowest BCUT2D eigenvalue weighted by Gasteiger charge is -2.22. The zero-order valence-electron chi connectivity index (χ0n) is 16.8. The number of carbonyl (C=O) groups excluding carboxylic acids is 1. The van der Waals surface area contributed by atoms with Gasteiger partial charge in [-0.3, -0.25) is 4.79 Å². The smallest absolute Gasteiger partial charge is 0.254 e. The van der Waals surface area contributed by atoms with Gasteiger partial charge in [-0.15, -0.1) is 0 Å². The van der Waals surface area contributed by atoms with Crippen LogP contribution in [-0.2, 0) is 16.6 Å². The maximum Gasteiger partial charge on any atom is 0.254 e. The van der Waals surface area contributed by atoms with Gasteiger partial charge in [-0.2, -0.15) is 0 Å². The Morgan fingerprint density at radius 2 is 1.64 bits per heavy atom. The molecule has 3 rings (SSSR count). The average molecular weight is 402 g/mol. The number of sulfonamides is 1. The molecule has 1 aliphatic rings. The van der Waals surface area contributed by atoms with Crippen LogP contribution in [-0.4, -0.2) is 44.9 Å². The van der Waals surface area contributed by atoms with Gasteiger partial charge >= 0.3 is 0 Å². The van der Waals surface area contributed by atoms with Gasteiger partial charge in [0, 0.05) is 43.5 Å². The van der Waals surface area contributed by atoms with Crippen LogP contribution in [0.3, 0.4) is 0 Å². The van der Waals surface area contributed by atoms with Crippen LogP contribution in [0.4, 0.5) is 5.69 Å². The maximum atomic E-state index is 13.0. The summed E-state index contributed by atoms with van der Waals surface area (Å²) in [6, 6.07) is 14.2. The Kier molecular flexibility index (Phi) is 5.50. The van der Waals surface area contributed by atoms with Crippen molar-refractivity contribution >= 4 is 21.6 Å². The van der Waals surface area contributed by atoms with Crippen molar-refractivity contribution in [3.63, 3.8) is 0 Å². The summed E-state index contributed by atoms with van der Waals surface area (Å²) in [7, 11) is -1.60. The van der Waals surface area contributed by atoms with Crippen LogP contribution in [0.1, 0.15) is 36.7 Å². The van der Waals surface area contributed by atoms with Gasteiger partial charge in [-0.25, -0.2) is 13.1 Å². The van der Waals surface area contributed by atoms with Crippen LogP contribution < -0.4 is 9.62 Å². The van der Waals surface area contributed by atoms with Gasteiger partial charge in [-0.05, 0) is 56.7 Å². The number of amides is 1. The fraction of sp³-hybridized carbons (Fsp3) is 0.381. The van der Waals surface area contributed by atoms with Crippen molar-refractivity contribution < 1.29 is 13.2 Å². The Balaban J connectivity index is 1.80. The third-order valence-corrected chi connectivity index (χ3v) is 6.38. The van der Waals surface area contributed by atoms with Gasteiger partial charge in [0.2, 0.25) is 10.0 Å². The number of nitrogens with zero attached hydrogens (tertiary/aromatic N) is 2. The van der Waals surface area contributed by atoms with Gasteiger partial charge in [0.1, 0.15) is 0 Å². The summed E-state index contributed by atoms with van der Waals surface area (Å²) in [6.07, 6.45) is 0. The minimum Gasteiger partial charge on any atom is -0.373 e. The molecule has 0 fully saturated rings. The first-order chi connectivity index (χ1) is 13.1. The number of carbonyl (C=O) groups is 1. The van der Waals surface area contributed by atoms with Crippen LogP contribution in [0, 0.1) is 0 Å². The highest BCUT2D eigenvalue weighted by Gasteiger charge is 2.24. The molecule has 1 N–H and O–H groups in total. The monoisotopic (exact) mass is 401 g/mol. The molecule has 0 radical (unpaired) electrons. The highest BCUT2D eigenvalue weighted by molar-refractivity contribution is 7.89. The predicted molar refractivity (Wildman–Crippen MR) is 111 cm³/mol. The third-order valence-electron chi connectivity index (χ3n) is 4.61. The number of hydrogen-bond acceptors (Lipinski definition) is 4. The Morgan fingerprint density at radius 1 is 1.00 bits per heavy atom. The average Bonchev–Trinajstić information content (AvgIpc) is 2.79. The lowest BCUT2D eigenvalue weighted by atomic mass is 10.1. The van der Waals surface area contributed by atoms with E-state index in [0.717, 1.165) is 17.8 Å². The molecule has 0 aromatic heterocycles. The number of rotatable bonds is 3. The first-order valence-electron chi connectivity index (χ1n) is 9.29. The van der Waals surface area contributed by atoms with Gasteiger partial charge in [0.05, 0.1) is 4.90 Å². The van der Waals surface area contributed by atoms with Crippen LogP contribution in [0.15, 0.2) is 53.4 Å². The molecule has 0 saturated carbocycles. The summed E-state index contributed by atoms with van der Waals surface area (Å²) in [5.41, 5.74) is 2.15. The SMILES string of the molecule is CN1CCN(C(=O)c2ccc(S(=O)(=O)NC(C)(C)C)cc2)Cc2ccccc21. The van der Waals surface area contributed by atoms with Gasteiger partial charge in [-0.1, -0.05) is 18.2 Å². The summed E-state index contributed by atoms with van der Waals surface area (Å²) in [5.74, 6) is -0.0992. The van der Waals surface area contributed by atoms with Crippen LogP contribution in [0.2, 0.25) is 0 Å². The van der Waals surface area contributed by atoms with E-state index in [2.05, 4.69) is 15.7 Å². The maximum absolute atomic E-state index is 13.0. The number of likely N-dealkylation sites (N-methyl/N-ethyl adjacent to an activating group) is 1. The Labute approximate surface area is 167 Å². The second-order valence-corrected chi connectivity index (χ2v) is 9.84. The number of fused-ring (bicyclic) bond motifs is 1. The number of nitrogens with one attached hydrogen (secondary N) is 1. The van der Waals surface area contributed by atoms with E-state index in [-0.39, 0.29) is 10.8 Å². The van der Waals surface area contributed by atoms with Crippen molar-refractivity contribution in [2.45, 2.75) is 37.8 Å². The van der Waals surface area contributed by atoms with Crippen LogP contribution in [0.5, 0.6) is 0 Å². The summed E-state index contributed by atoms with van der Waals surface area (Å²) in [6.45, 7) is 7.25. The van der Waals surface area contributed by atoms with Gasteiger partial charge in [0.25, 0.3) is 5.91 Å². The van der Waals surface area contributed by atoms with Crippen molar-refractivity contribution in [3.05, 3.63) is 59.7 Å². The molecule has 1 aliphatic heterocycles. The molecule has 0 aliphatic carbocycles. The standard InChI is InChI=1S/C21H27N3O3S/c1-21(2,3)22-28(26,27)18-11-9-16(10-12-18)20(25)24-14-13-23(4)19-8-6-5-7-17(19)15-24/h5-12,22H,13-15H2,1-4H3. The molecule has 150 valence electrons. The topological polar surface area (TPSA) is 69.7 Å². The van der Waals surface area contributed by atoms with Gasteiger partial charge in [0.15, 0.2) is 0 Å². The third kappa shape index (κ3) is 4.54. The van der Waals surface area contributed by atoms with E-state index in [9.17, 15) is 13.2 Å². The normalized spacial score (nSPS) is 15.1. The van der Waals surface area contributed by atoms with E-state index in [1.165, 1.54) is 12.1 Å². The number of hydrogen-bond donors (Lipinski definition) is 1. The molecule has 0 atom stereocenters. The number of benzene rings is 2. The molecule has 0 unspecified atom stereocenters. The van der Waals surface area contributed by atoms with E-state index in [4.69, 9.17) is 0 Å². The van der Waals surface area contributed by atoms with E-state index in [0.29, 0.717) is 18.7 Å². The fourth-order valence-electron chi connectivity index (χ4n) is 3.29. The molecule has 6 nitrogen and oxygen atoms in total. The summed E-state index contributed by atoms with van der Waals surface area (Å²) in [5, 5.41) is 0. The Morgan fingerprint density at radius 3 is 2.29 bits per heavy atom. The predicted octanol–water partition coefficient (Wildman–Crippen LogP) is 2.86. The number of anilines is 1. The highest BCUT2D eigenvalue weighted by Crippen LogP contribution is 2.24. The second kappa shape index (κ2) is 7.56. The number of para-hydroxylation sites is 1. The molecule has 28 heavy (non-hydrogen) atoms. The van der Waals surface area contributed by atoms with Crippen molar-refractivity contribution in [1.29, 1.82) is 0 Å². The van der Waals surface area contributed by atoms with Crippen LogP contribution in [0.25, 0.3) is 0 Å². The molecular formula is C21H27N3O3S. The van der Waals surface area contributed by atoms with Crippen molar-refractivity contribution in [2.75, 3.05) is 25.0 Å². The van der Waals surface area contributed by atoms with E-state index in [1.807, 2.05) is 25.2 Å². The van der Waals surface area contributed by atoms with Crippen LogP contribution >= 0.6 is 0 Å². The Hall–Kier alpha value is -2.38. The lowest BCUT2D eigenvalue weighted by Crippen LogP contribution is -2.40. The van der Waals surface area contributed by atoms with E-state index < -0.39 is 15.6 Å². The summed E-state index contributed by atoms with van der Waals surface area (Å²) in [4.78, 5) is 17.1. The second-order valence-electron chi connectivity index (χ2n) is 8.16. The zero-order chi connectivity index (χ0) is 20.5. The molecule has 2 aromatic carbocycles. The fourth-order valence-corrected chi connectivity index (χ4v) is 4.71. The molecule has 0 bridgehead atoms. The minimum absolute atomic E-state index is 0.0992. The van der Waals surface area contributed by atoms with E-state index >= 15 is 0 Å². The van der Waals surface area contributed by atoms with Gasteiger partial charge < -0.3 is 9.80 Å². The van der Waals surface area contributed by atoms with Crippen molar-refractivity contribution in [3.8, 4) is 0 Å². The molecule has 7 heteroatoms. The lowest BCUT2D eigenvalue weighted by molar-refractivity contribution is 0.0751. The van der Waals surface area contributed by atoms with E-state index in [1.54, 1.807) is 37.8 Å². The van der Waals surface area contributed by atoms with Crippen molar-refractivity contribution in [2.24, 2.45) is 0 Å². The molecule has 1 amide bonds. The Bertz CT molecular complexity index is 963. The summed E-state index contributed by atoms with van der Waals surface area (Å²) < 4.78 is 27.5. The molecule has 2 aromatic rings.